The quantitative estimate of drug-likeness (QED) is 0.589. The number of hydrogen-bond donors (Lipinski definition) is 0. The van der Waals surface area contributed by atoms with Gasteiger partial charge in [-0.3, -0.25) is 0 Å². The van der Waals surface area contributed by atoms with Crippen molar-refractivity contribution >= 4 is 31.9 Å². The monoisotopic (exact) mass is 266 g/mol. The first-order chi connectivity index (χ1) is 4.64. The van der Waals surface area contributed by atoms with Crippen LogP contribution in [-0.2, 0) is 0 Å². The highest BCUT2D eigenvalue weighted by Gasteiger charge is 2.64. The molecule has 0 radical (unpaired) electrons. The van der Waals surface area contributed by atoms with Gasteiger partial charge in [-0.1, -0.05) is 51.6 Å². The van der Waals surface area contributed by atoms with Gasteiger partial charge in [0, 0.05) is 0 Å². The molecule has 3 atom stereocenters. The summed E-state index contributed by atoms with van der Waals surface area (Å²) in [5.74, 6) is 2.77. The van der Waals surface area contributed by atoms with Crippen molar-refractivity contribution in [3.8, 4) is 0 Å². The molecule has 0 heterocycles. The Morgan fingerprint density at radius 2 is 2.00 bits per heavy atom. The van der Waals surface area contributed by atoms with Gasteiger partial charge in [-0.15, -0.1) is 0 Å². The first-order valence-corrected chi connectivity index (χ1v) is 5.60. The minimum absolute atomic E-state index is 0.343. The maximum atomic E-state index is 3.74. The van der Waals surface area contributed by atoms with Crippen LogP contribution in [0.1, 0.15) is 26.2 Å². The Kier molecular flexibility index (Phi) is 1.69. The van der Waals surface area contributed by atoms with Crippen LogP contribution < -0.4 is 0 Å². The molecular formula is C8H12Br2. The Morgan fingerprint density at radius 1 is 1.30 bits per heavy atom. The zero-order chi connectivity index (χ0) is 7.35. The molecule has 2 rings (SSSR count). The molecule has 2 fully saturated rings. The van der Waals surface area contributed by atoms with E-state index in [0.717, 1.165) is 17.8 Å². The van der Waals surface area contributed by atoms with Crippen molar-refractivity contribution in [2.45, 2.75) is 29.4 Å². The van der Waals surface area contributed by atoms with Gasteiger partial charge in [0.2, 0.25) is 0 Å². The summed E-state index contributed by atoms with van der Waals surface area (Å²) in [6, 6.07) is 0. The van der Waals surface area contributed by atoms with E-state index in [4.69, 9.17) is 0 Å². The summed E-state index contributed by atoms with van der Waals surface area (Å²) in [7, 11) is 0. The number of alkyl halides is 2. The second-order valence-electron chi connectivity index (χ2n) is 3.71. The van der Waals surface area contributed by atoms with Crippen LogP contribution in [0.3, 0.4) is 0 Å². The molecule has 0 saturated heterocycles. The van der Waals surface area contributed by atoms with Crippen LogP contribution in [0.5, 0.6) is 0 Å². The van der Waals surface area contributed by atoms with Gasteiger partial charge in [0.25, 0.3) is 0 Å². The Morgan fingerprint density at radius 3 is 2.50 bits per heavy atom. The Hall–Kier alpha value is 0.960. The molecule has 0 nitrogen and oxygen atoms in total. The molecule has 2 aliphatic rings. The molecule has 0 aromatic carbocycles. The lowest BCUT2D eigenvalue weighted by atomic mass is 9.91. The molecule has 0 spiro atoms. The SMILES string of the molecule is C[C@H]1CCC[C@@H]2[C@@H]1C2(Br)Br. The molecule has 2 aliphatic carbocycles. The third-order valence-electron chi connectivity index (χ3n) is 3.05. The average Bonchev–Trinajstić information content (AvgIpc) is 2.38. The van der Waals surface area contributed by atoms with Crippen LogP contribution >= 0.6 is 31.9 Å². The van der Waals surface area contributed by atoms with Crippen molar-refractivity contribution in [1.29, 1.82) is 0 Å². The van der Waals surface area contributed by atoms with E-state index in [9.17, 15) is 0 Å². The van der Waals surface area contributed by atoms with Crippen molar-refractivity contribution in [2.75, 3.05) is 0 Å². The van der Waals surface area contributed by atoms with E-state index in [1.165, 1.54) is 19.3 Å². The van der Waals surface area contributed by atoms with Crippen molar-refractivity contribution in [2.24, 2.45) is 17.8 Å². The molecule has 58 valence electrons. The van der Waals surface area contributed by atoms with Gasteiger partial charge < -0.3 is 0 Å². The van der Waals surface area contributed by atoms with Gasteiger partial charge >= 0.3 is 0 Å². The molecule has 0 amide bonds. The van der Waals surface area contributed by atoms with Gasteiger partial charge in [0.05, 0.1) is 3.23 Å². The summed E-state index contributed by atoms with van der Waals surface area (Å²) in [6.07, 6.45) is 4.28. The number of halogens is 2. The molecule has 0 aromatic rings. The maximum Gasteiger partial charge on any atom is 0.0871 e. The van der Waals surface area contributed by atoms with Gasteiger partial charge in [-0.05, 0) is 24.2 Å². The van der Waals surface area contributed by atoms with Gasteiger partial charge in [-0.25, -0.2) is 0 Å². The fraction of sp³-hybridized carbons (Fsp3) is 1.00. The van der Waals surface area contributed by atoms with E-state index in [-0.39, 0.29) is 0 Å². The lowest BCUT2D eigenvalue weighted by Crippen LogP contribution is -2.05. The predicted octanol–water partition coefficient (Wildman–Crippen LogP) is 3.54. The summed E-state index contributed by atoms with van der Waals surface area (Å²) in [4.78, 5) is 0. The number of hydrogen-bond acceptors (Lipinski definition) is 0. The number of fused-ring (bicyclic) bond motifs is 1. The van der Waals surface area contributed by atoms with Gasteiger partial charge in [0.15, 0.2) is 0 Å². The summed E-state index contributed by atoms with van der Waals surface area (Å²) >= 11 is 7.47. The minimum atomic E-state index is 0.343. The molecular weight excluding hydrogens is 256 g/mol. The lowest BCUT2D eigenvalue weighted by molar-refractivity contribution is 0.362. The third-order valence-corrected chi connectivity index (χ3v) is 5.28. The van der Waals surface area contributed by atoms with Gasteiger partial charge in [-0.2, -0.15) is 0 Å². The molecule has 0 aliphatic heterocycles. The van der Waals surface area contributed by atoms with Crippen molar-refractivity contribution < 1.29 is 0 Å². The molecule has 0 N–H and O–H groups in total. The van der Waals surface area contributed by atoms with Gasteiger partial charge in [0.1, 0.15) is 0 Å². The Balaban J connectivity index is 2.11. The van der Waals surface area contributed by atoms with E-state index >= 15 is 0 Å². The predicted molar refractivity (Wildman–Crippen MR) is 50.6 cm³/mol. The standard InChI is InChI=1S/C8H12Br2/c1-5-3-2-4-6-7(5)8(6,9)10/h5-7H,2-4H2,1H3/t5-,6+,7+/m0/s1. The number of rotatable bonds is 0. The maximum absolute atomic E-state index is 3.74. The smallest absolute Gasteiger partial charge is 0.0721 e. The molecule has 0 aromatic heterocycles. The highest BCUT2D eigenvalue weighted by molar-refractivity contribution is 9.25. The molecule has 10 heavy (non-hydrogen) atoms. The molecule has 0 unspecified atom stereocenters. The summed E-state index contributed by atoms with van der Waals surface area (Å²) in [6.45, 7) is 2.38. The fourth-order valence-corrected chi connectivity index (χ4v) is 4.71. The Labute approximate surface area is 79.0 Å². The molecule has 0 bridgehead atoms. The van der Waals surface area contributed by atoms with Crippen molar-refractivity contribution in [1.82, 2.24) is 0 Å². The van der Waals surface area contributed by atoms with Crippen LogP contribution in [0.25, 0.3) is 0 Å². The van der Waals surface area contributed by atoms with E-state index in [1.807, 2.05) is 0 Å². The van der Waals surface area contributed by atoms with Crippen LogP contribution in [0.15, 0.2) is 0 Å². The largest absolute Gasteiger partial charge is 0.0871 e. The van der Waals surface area contributed by atoms with E-state index in [2.05, 4.69) is 38.8 Å². The second-order valence-corrected chi connectivity index (χ2v) is 7.40. The minimum Gasteiger partial charge on any atom is -0.0721 e. The zero-order valence-electron chi connectivity index (χ0n) is 6.11. The van der Waals surface area contributed by atoms with Crippen LogP contribution in [0, 0.1) is 17.8 Å². The van der Waals surface area contributed by atoms with E-state index in [1.54, 1.807) is 0 Å². The first-order valence-electron chi connectivity index (χ1n) is 4.02. The average molecular weight is 268 g/mol. The Bertz CT molecular complexity index is 153. The molecule has 2 saturated carbocycles. The highest BCUT2D eigenvalue weighted by Crippen LogP contribution is 2.69. The summed E-state index contributed by atoms with van der Waals surface area (Å²) in [5, 5.41) is 0. The molecule has 2 heteroatoms. The second kappa shape index (κ2) is 2.22. The third kappa shape index (κ3) is 0.911. The van der Waals surface area contributed by atoms with E-state index in [0.29, 0.717) is 3.23 Å². The van der Waals surface area contributed by atoms with E-state index < -0.39 is 0 Å². The van der Waals surface area contributed by atoms with Crippen LogP contribution in [-0.4, -0.2) is 3.23 Å². The highest BCUT2D eigenvalue weighted by atomic mass is 79.9. The van der Waals surface area contributed by atoms with Crippen LogP contribution in [0.4, 0.5) is 0 Å². The van der Waals surface area contributed by atoms with Crippen LogP contribution in [0.2, 0.25) is 0 Å². The summed E-state index contributed by atoms with van der Waals surface area (Å²) < 4.78 is 0.343. The van der Waals surface area contributed by atoms with Crippen molar-refractivity contribution in [3.63, 3.8) is 0 Å². The fourth-order valence-electron chi connectivity index (χ4n) is 2.40. The normalized spacial score (nSPS) is 50.1. The lowest BCUT2D eigenvalue weighted by Gasteiger charge is -2.14. The van der Waals surface area contributed by atoms with Crippen molar-refractivity contribution in [3.05, 3.63) is 0 Å². The zero-order valence-corrected chi connectivity index (χ0v) is 9.28. The topological polar surface area (TPSA) is 0 Å². The first kappa shape index (κ1) is 7.60. The summed E-state index contributed by atoms with van der Waals surface area (Å²) in [5.41, 5.74) is 0.